The fourth-order valence-electron chi connectivity index (χ4n) is 3.19. The summed E-state index contributed by atoms with van der Waals surface area (Å²) < 4.78 is 12.9. The van der Waals surface area contributed by atoms with Gasteiger partial charge in [0.2, 0.25) is 5.91 Å². The molecule has 158 valence electrons. The molecule has 3 rings (SSSR count). The van der Waals surface area contributed by atoms with E-state index in [4.69, 9.17) is 5.73 Å². The summed E-state index contributed by atoms with van der Waals surface area (Å²) in [5.41, 5.74) is 7.05. The van der Waals surface area contributed by atoms with Gasteiger partial charge in [-0.25, -0.2) is 4.39 Å². The number of fused-ring (bicyclic) bond motifs is 1. The lowest BCUT2D eigenvalue weighted by molar-refractivity contribution is -0.115. The largest absolute Gasteiger partial charge is 0.365 e. The minimum atomic E-state index is -0.494. The number of rotatable bonds is 7. The van der Waals surface area contributed by atoms with Crippen molar-refractivity contribution in [2.45, 2.75) is 44.2 Å². The number of primary amides is 1. The summed E-state index contributed by atoms with van der Waals surface area (Å²) in [5.74, 6) is -0.364. The molecule has 9 heteroatoms. The summed E-state index contributed by atoms with van der Waals surface area (Å²) in [6.07, 6.45) is 1.06. The Balaban J connectivity index is 0.00000300. The number of halogens is 2. The van der Waals surface area contributed by atoms with Crippen molar-refractivity contribution in [3.8, 4) is 0 Å². The van der Waals surface area contributed by atoms with Crippen molar-refractivity contribution in [1.29, 1.82) is 0 Å². The number of amides is 2. The molecule has 29 heavy (non-hydrogen) atoms. The molecule has 1 aromatic heterocycles. The van der Waals surface area contributed by atoms with Crippen LogP contribution in [0.4, 0.5) is 9.39 Å². The molecule has 2 heterocycles. The molecule has 0 bridgehead atoms. The van der Waals surface area contributed by atoms with Gasteiger partial charge in [-0.05, 0) is 50.1 Å². The molecule has 5 nitrogen and oxygen atoms in total. The van der Waals surface area contributed by atoms with E-state index in [9.17, 15) is 14.0 Å². The van der Waals surface area contributed by atoms with Crippen molar-refractivity contribution >= 4 is 52.3 Å². The number of carbonyl (C=O) groups excluding carboxylic acids is 2. The number of benzene rings is 1. The maximum atomic E-state index is 12.9. The van der Waals surface area contributed by atoms with E-state index in [1.807, 2.05) is 0 Å². The molecule has 0 spiro atoms. The van der Waals surface area contributed by atoms with Crippen molar-refractivity contribution < 1.29 is 14.0 Å². The summed E-state index contributed by atoms with van der Waals surface area (Å²) in [6.45, 7) is 5.95. The smallest absolute Gasteiger partial charge is 0.251 e. The molecule has 1 aliphatic heterocycles. The minimum absolute atomic E-state index is 0. The zero-order valence-corrected chi connectivity index (χ0v) is 18.8. The molecular weight excluding hydrogens is 433 g/mol. The number of anilines is 1. The normalized spacial score (nSPS) is 13.7. The van der Waals surface area contributed by atoms with Crippen LogP contribution in [0.3, 0.4) is 0 Å². The fourth-order valence-corrected chi connectivity index (χ4v) is 5.34. The van der Waals surface area contributed by atoms with Gasteiger partial charge in [0, 0.05) is 41.1 Å². The molecule has 0 unspecified atom stereocenters. The monoisotopic (exact) mass is 457 g/mol. The maximum absolute atomic E-state index is 12.9. The second-order valence-corrected chi connectivity index (χ2v) is 9.26. The first-order valence-electron chi connectivity index (χ1n) is 9.21. The topological polar surface area (TPSA) is 75.4 Å². The van der Waals surface area contributed by atoms with Gasteiger partial charge in [0.15, 0.2) is 0 Å². The fraction of sp³-hybridized carbons (Fsp3) is 0.400. The Kier molecular flexibility index (Phi) is 8.51. The number of carbonyl (C=O) groups is 2. The molecule has 2 amide bonds. The van der Waals surface area contributed by atoms with Crippen LogP contribution in [0.15, 0.2) is 29.2 Å². The third-order valence-electron chi connectivity index (χ3n) is 4.73. The number of thiophene rings is 1. The van der Waals surface area contributed by atoms with E-state index in [0.717, 1.165) is 34.8 Å². The molecular formula is C20H25ClFN3O2S2. The Morgan fingerprint density at radius 1 is 1.31 bits per heavy atom. The number of nitrogens with zero attached hydrogens (tertiary/aromatic N) is 1. The highest BCUT2D eigenvalue weighted by Gasteiger charge is 2.28. The van der Waals surface area contributed by atoms with Crippen molar-refractivity contribution in [1.82, 2.24) is 4.90 Å². The van der Waals surface area contributed by atoms with Crippen molar-refractivity contribution in [3.63, 3.8) is 0 Å². The summed E-state index contributed by atoms with van der Waals surface area (Å²) in [4.78, 5) is 28.7. The van der Waals surface area contributed by atoms with Gasteiger partial charge in [0.25, 0.3) is 5.91 Å². The second kappa shape index (κ2) is 10.4. The van der Waals surface area contributed by atoms with Gasteiger partial charge in [0.1, 0.15) is 10.8 Å². The molecule has 0 fully saturated rings. The van der Waals surface area contributed by atoms with E-state index in [-0.39, 0.29) is 24.1 Å². The van der Waals surface area contributed by atoms with Crippen molar-refractivity contribution in [2.75, 3.05) is 17.6 Å². The molecule has 2 aromatic rings. The van der Waals surface area contributed by atoms with E-state index >= 15 is 0 Å². The van der Waals surface area contributed by atoms with E-state index in [1.54, 1.807) is 12.1 Å². The summed E-state index contributed by atoms with van der Waals surface area (Å²) >= 11 is 2.94. The summed E-state index contributed by atoms with van der Waals surface area (Å²) in [5, 5.41) is 3.43. The van der Waals surface area contributed by atoms with E-state index in [2.05, 4.69) is 24.1 Å². The average Bonchev–Trinajstić information content (AvgIpc) is 3.00. The van der Waals surface area contributed by atoms with Crippen molar-refractivity contribution in [3.05, 3.63) is 46.1 Å². The van der Waals surface area contributed by atoms with Crippen LogP contribution >= 0.6 is 35.5 Å². The Morgan fingerprint density at radius 3 is 2.62 bits per heavy atom. The Morgan fingerprint density at radius 2 is 2.00 bits per heavy atom. The average molecular weight is 458 g/mol. The number of nitrogens with one attached hydrogen (secondary N) is 1. The molecule has 0 atom stereocenters. The van der Waals surface area contributed by atoms with Crippen LogP contribution in [0.2, 0.25) is 0 Å². The first-order chi connectivity index (χ1) is 13.3. The minimum Gasteiger partial charge on any atom is -0.365 e. The van der Waals surface area contributed by atoms with Crippen LogP contribution in [0.5, 0.6) is 0 Å². The zero-order chi connectivity index (χ0) is 20.3. The van der Waals surface area contributed by atoms with Gasteiger partial charge in [-0.3, -0.25) is 14.5 Å². The Hall–Kier alpha value is -1.61. The molecule has 3 N–H and O–H groups in total. The third-order valence-corrected chi connectivity index (χ3v) is 6.87. The van der Waals surface area contributed by atoms with Crippen LogP contribution in [-0.4, -0.2) is 35.1 Å². The van der Waals surface area contributed by atoms with E-state index in [1.165, 1.54) is 35.2 Å². The van der Waals surface area contributed by atoms with Gasteiger partial charge >= 0.3 is 0 Å². The summed E-state index contributed by atoms with van der Waals surface area (Å²) in [6, 6.07) is 6.61. The van der Waals surface area contributed by atoms with Crippen LogP contribution in [0.25, 0.3) is 0 Å². The third kappa shape index (κ3) is 5.94. The molecule has 0 radical (unpaired) electrons. The van der Waals surface area contributed by atoms with Crippen molar-refractivity contribution in [2.24, 2.45) is 5.73 Å². The summed E-state index contributed by atoms with van der Waals surface area (Å²) in [7, 11) is 0. The lowest BCUT2D eigenvalue weighted by Gasteiger charge is -2.30. The number of thioether (sulfide) groups is 1. The van der Waals surface area contributed by atoms with Crippen LogP contribution < -0.4 is 11.1 Å². The van der Waals surface area contributed by atoms with Gasteiger partial charge in [-0.2, -0.15) is 0 Å². The standard InChI is InChI=1S/C20H24FN3O2S2.ClH/c1-12(2)24-9-7-15-16(11-24)28-20(18(15)19(22)26)23-17(25)8-10-27-14-5-3-13(21)4-6-14;/h3-6,12H,7-11H2,1-2H3,(H2,22,26)(H,23,25);1H. The van der Waals surface area contributed by atoms with E-state index in [0.29, 0.717) is 28.8 Å². The lowest BCUT2D eigenvalue weighted by Crippen LogP contribution is -2.35. The molecule has 1 aromatic carbocycles. The highest BCUT2D eigenvalue weighted by molar-refractivity contribution is 7.99. The zero-order valence-electron chi connectivity index (χ0n) is 16.4. The number of hydrogen-bond donors (Lipinski definition) is 2. The molecule has 0 aliphatic carbocycles. The number of nitrogens with two attached hydrogens (primary N) is 1. The van der Waals surface area contributed by atoms with Crippen LogP contribution in [0, 0.1) is 5.82 Å². The number of hydrogen-bond acceptors (Lipinski definition) is 5. The van der Waals surface area contributed by atoms with E-state index < -0.39 is 5.91 Å². The molecule has 0 saturated heterocycles. The maximum Gasteiger partial charge on any atom is 0.251 e. The predicted molar refractivity (Wildman–Crippen MR) is 120 cm³/mol. The SMILES string of the molecule is CC(C)N1CCc2c(sc(NC(=O)CCSc3ccc(F)cc3)c2C(N)=O)C1.Cl. The quantitative estimate of drug-likeness (QED) is 0.608. The lowest BCUT2D eigenvalue weighted by atomic mass is 10.0. The molecule has 0 saturated carbocycles. The molecule has 1 aliphatic rings. The van der Waals surface area contributed by atoms with Gasteiger partial charge in [0.05, 0.1) is 5.56 Å². The predicted octanol–water partition coefficient (Wildman–Crippen LogP) is 4.30. The Bertz CT molecular complexity index is 871. The van der Waals surface area contributed by atoms with Gasteiger partial charge in [-0.1, -0.05) is 0 Å². The highest BCUT2D eigenvalue weighted by atomic mass is 35.5. The second-order valence-electron chi connectivity index (χ2n) is 6.99. The van der Waals surface area contributed by atoms with Gasteiger partial charge in [-0.15, -0.1) is 35.5 Å². The van der Waals surface area contributed by atoms with Gasteiger partial charge < -0.3 is 11.1 Å². The van der Waals surface area contributed by atoms with Crippen LogP contribution in [0.1, 0.15) is 41.1 Å². The van der Waals surface area contributed by atoms with Crippen LogP contribution in [-0.2, 0) is 17.8 Å². The first-order valence-corrected chi connectivity index (χ1v) is 11.0. The first kappa shape index (κ1) is 23.7. The highest BCUT2D eigenvalue weighted by Crippen LogP contribution is 2.37. The Labute approximate surface area is 184 Å².